The minimum atomic E-state index is 0.0783. The second-order valence-corrected chi connectivity index (χ2v) is 5.00. The third kappa shape index (κ3) is 1.84. The van der Waals surface area contributed by atoms with Gasteiger partial charge in [0.2, 0.25) is 0 Å². The maximum Gasteiger partial charge on any atom is 0.166 e. The molecule has 0 heterocycles. The Morgan fingerprint density at radius 1 is 1.16 bits per heavy atom. The average Bonchev–Trinajstić information content (AvgIpc) is 2.74. The molecule has 19 heavy (non-hydrogen) atoms. The molecule has 0 aliphatic heterocycles. The van der Waals surface area contributed by atoms with Crippen LogP contribution >= 0.6 is 0 Å². The van der Waals surface area contributed by atoms with Crippen molar-refractivity contribution < 1.29 is 4.79 Å². The monoisotopic (exact) mass is 247 g/mol. The van der Waals surface area contributed by atoms with E-state index >= 15 is 0 Å². The molecular formula is C17H13NO. The Kier molecular flexibility index (Phi) is 2.68. The normalized spacial score (nSPS) is 17.1. The molecule has 2 aromatic carbocycles. The molecule has 2 aromatic rings. The van der Waals surface area contributed by atoms with Gasteiger partial charge in [0.15, 0.2) is 5.78 Å². The molecule has 1 aliphatic carbocycles. The van der Waals surface area contributed by atoms with Crippen LogP contribution in [0.25, 0.3) is 11.1 Å². The van der Waals surface area contributed by atoms with Crippen LogP contribution in [0.2, 0.25) is 0 Å². The Morgan fingerprint density at radius 3 is 2.58 bits per heavy atom. The molecule has 0 saturated carbocycles. The van der Waals surface area contributed by atoms with Crippen molar-refractivity contribution in [3.63, 3.8) is 0 Å². The van der Waals surface area contributed by atoms with Crippen molar-refractivity contribution >= 4 is 5.78 Å². The fourth-order valence-electron chi connectivity index (χ4n) is 2.70. The standard InChI is InChI=1S/C17H13NO/c1-11-9-14-3-2-4-15(16(14)17(11)19)13-7-5-12(10-18)6-8-13/h2-8,11H,9H2,1H3. The molecule has 0 saturated heterocycles. The molecule has 0 spiro atoms. The first-order valence-corrected chi connectivity index (χ1v) is 6.37. The summed E-state index contributed by atoms with van der Waals surface area (Å²) in [6.07, 6.45) is 0.832. The Bertz CT molecular complexity index is 692. The molecule has 0 bridgehead atoms. The lowest BCUT2D eigenvalue weighted by atomic mass is 9.95. The second-order valence-electron chi connectivity index (χ2n) is 5.00. The largest absolute Gasteiger partial charge is 0.294 e. The number of carbonyl (C=O) groups is 1. The number of benzene rings is 2. The van der Waals surface area contributed by atoms with Crippen molar-refractivity contribution in [3.05, 3.63) is 59.2 Å². The van der Waals surface area contributed by atoms with Crippen LogP contribution in [0.3, 0.4) is 0 Å². The molecule has 0 fully saturated rings. The van der Waals surface area contributed by atoms with Gasteiger partial charge in [0, 0.05) is 11.5 Å². The van der Waals surface area contributed by atoms with Crippen LogP contribution in [-0.2, 0) is 6.42 Å². The summed E-state index contributed by atoms with van der Waals surface area (Å²) in [5.74, 6) is 0.310. The Hall–Kier alpha value is -2.40. The predicted octanol–water partition coefficient (Wildman–Crippen LogP) is 3.60. The number of carbonyl (C=O) groups excluding carboxylic acids is 1. The highest BCUT2D eigenvalue weighted by molar-refractivity contribution is 6.07. The van der Waals surface area contributed by atoms with Crippen molar-refractivity contribution in [3.8, 4) is 17.2 Å². The van der Waals surface area contributed by atoms with E-state index in [9.17, 15) is 4.79 Å². The van der Waals surface area contributed by atoms with Gasteiger partial charge in [-0.15, -0.1) is 0 Å². The van der Waals surface area contributed by atoms with Crippen LogP contribution in [-0.4, -0.2) is 5.78 Å². The number of rotatable bonds is 1. The van der Waals surface area contributed by atoms with E-state index in [2.05, 4.69) is 6.07 Å². The zero-order valence-corrected chi connectivity index (χ0v) is 10.7. The van der Waals surface area contributed by atoms with Gasteiger partial charge in [-0.1, -0.05) is 37.3 Å². The van der Waals surface area contributed by atoms with Gasteiger partial charge in [-0.05, 0) is 35.2 Å². The van der Waals surface area contributed by atoms with Crippen molar-refractivity contribution in [2.75, 3.05) is 0 Å². The molecule has 1 aliphatic rings. The van der Waals surface area contributed by atoms with Crippen LogP contribution in [0.4, 0.5) is 0 Å². The summed E-state index contributed by atoms with van der Waals surface area (Å²) >= 11 is 0. The van der Waals surface area contributed by atoms with Crippen LogP contribution in [0.1, 0.15) is 28.4 Å². The summed E-state index contributed by atoms with van der Waals surface area (Å²) in [5, 5.41) is 8.83. The summed E-state index contributed by atoms with van der Waals surface area (Å²) < 4.78 is 0. The van der Waals surface area contributed by atoms with Crippen molar-refractivity contribution in [1.29, 1.82) is 5.26 Å². The highest BCUT2D eigenvalue weighted by Gasteiger charge is 2.29. The van der Waals surface area contributed by atoms with Crippen LogP contribution in [0, 0.1) is 17.2 Å². The summed E-state index contributed by atoms with van der Waals surface area (Å²) in [6.45, 7) is 1.98. The zero-order valence-electron chi connectivity index (χ0n) is 10.7. The number of ketones is 1. The Labute approximate surface area is 112 Å². The molecule has 0 aromatic heterocycles. The quantitative estimate of drug-likeness (QED) is 0.772. The average molecular weight is 247 g/mol. The maximum absolute atomic E-state index is 12.3. The lowest BCUT2D eigenvalue weighted by Gasteiger charge is -2.07. The Morgan fingerprint density at radius 2 is 1.89 bits per heavy atom. The number of nitrogens with zero attached hydrogens (tertiary/aromatic N) is 1. The molecule has 2 nitrogen and oxygen atoms in total. The van der Waals surface area contributed by atoms with Crippen molar-refractivity contribution in [1.82, 2.24) is 0 Å². The minimum absolute atomic E-state index is 0.0783. The summed E-state index contributed by atoms with van der Waals surface area (Å²) in [4.78, 5) is 12.3. The molecule has 92 valence electrons. The van der Waals surface area contributed by atoms with E-state index in [1.165, 1.54) is 0 Å². The number of nitriles is 1. The topological polar surface area (TPSA) is 40.9 Å². The van der Waals surface area contributed by atoms with Gasteiger partial charge in [-0.2, -0.15) is 5.26 Å². The zero-order chi connectivity index (χ0) is 13.4. The van der Waals surface area contributed by atoms with Crippen molar-refractivity contribution in [2.45, 2.75) is 13.3 Å². The predicted molar refractivity (Wildman–Crippen MR) is 73.8 cm³/mol. The van der Waals surface area contributed by atoms with Crippen molar-refractivity contribution in [2.24, 2.45) is 5.92 Å². The van der Waals surface area contributed by atoms with Crippen LogP contribution < -0.4 is 0 Å². The van der Waals surface area contributed by atoms with Crippen LogP contribution in [0.5, 0.6) is 0 Å². The summed E-state index contributed by atoms with van der Waals surface area (Å²) in [5.41, 5.74) is 4.62. The first-order chi connectivity index (χ1) is 9.20. The van der Waals surface area contributed by atoms with Gasteiger partial charge >= 0.3 is 0 Å². The van der Waals surface area contributed by atoms with E-state index in [0.29, 0.717) is 5.56 Å². The Balaban J connectivity index is 2.15. The smallest absolute Gasteiger partial charge is 0.166 e. The molecular weight excluding hydrogens is 234 g/mol. The van der Waals surface area contributed by atoms with Gasteiger partial charge in [-0.3, -0.25) is 4.79 Å². The third-order valence-electron chi connectivity index (χ3n) is 3.70. The van der Waals surface area contributed by atoms with Gasteiger partial charge in [0.25, 0.3) is 0 Å². The van der Waals surface area contributed by atoms with E-state index in [-0.39, 0.29) is 11.7 Å². The van der Waals surface area contributed by atoms with E-state index in [1.807, 2.05) is 37.3 Å². The lowest BCUT2D eigenvalue weighted by molar-refractivity contribution is 0.0947. The number of hydrogen-bond acceptors (Lipinski definition) is 2. The van der Waals surface area contributed by atoms with Gasteiger partial charge < -0.3 is 0 Å². The fraction of sp³-hybridized carbons (Fsp3) is 0.176. The highest BCUT2D eigenvalue weighted by atomic mass is 16.1. The molecule has 1 unspecified atom stereocenters. The van der Waals surface area contributed by atoms with Crippen LogP contribution in [0.15, 0.2) is 42.5 Å². The number of hydrogen-bond donors (Lipinski definition) is 0. The summed E-state index contributed by atoms with van der Waals surface area (Å²) in [6, 6.07) is 15.5. The van der Waals surface area contributed by atoms with E-state index in [0.717, 1.165) is 28.7 Å². The van der Waals surface area contributed by atoms with E-state index in [4.69, 9.17) is 5.26 Å². The number of Topliss-reactive ketones (excluding diaryl/α,β-unsaturated/α-hetero) is 1. The summed E-state index contributed by atoms with van der Waals surface area (Å²) in [7, 11) is 0. The fourth-order valence-corrected chi connectivity index (χ4v) is 2.70. The molecule has 0 radical (unpaired) electrons. The first kappa shape index (κ1) is 11.7. The third-order valence-corrected chi connectivity index (χ3v) is 3.70. The second kappa shape index (κ2) is 4.37. The molecule has 2 heteroatoms. The van der Waals surface area contributed by atoms with Gasteiger partial charge in [0.05, 0.1) is 11.6 Å². The highest BCUT2D eigenvalue weighted by Crippen LogP contribution is 2.34. The lowest BCUT2D eigenvalue weighted by Crippen LogP contribution is -2.04. The van der Waals surface area contributed by atoms with E-state index in [1.54, 1.807) is 12.1 Å². The maximum atomic E-state index is 12.3. The van der Waals surface area contributed by atoms with Gasteiger partial charge in [0.1, 0.15) is 0 Å². The molecule has 1 atom stereocenters. The van der Waals surface area contributed by atoms with Gasteiger partial charge in [-0.25, -0.2) is 0 Å². The molecule has 3 rings (SSSR count). The number of fused-ring (bicyclic) bond motifs is 1. The minimum Gasteiger partial charge on any atom is -0.294 e. The molecule has 0 amide bonds. The SMILES string of the molecule is CC1Cc2cccc(-c3ccc(C#N)cc3)c2C1=O. The molecule has 0 N–H and O–H groups in total. The van der Waals surface area contributed by atoms with E-state index < -0.39 is 0 Å². The first-order valence-electron chi connectivity index (χ1n) is 6.37.